The highest BCUT2D eigenvalue weighted by Gasteiger charge is 2.28. The van der Waals surface area contributed by atoms with E-state index in [1.807, 2.05) is 6.92 Å². The molecular formula is C22H38IN3O3S. The smallest absolute Gasteiger partial charge is 0.191 e. The molecule has 2 N–H and O–H groups in total. The van der Waals surface area contributed by atoms with E-state index in [4.69, 9.17) is 4.74 Å². The highest BCUT2D eigenvalue weighted by atomic mass is 127. The second-order valence-electron chi connectivity index (χ2n) is 8.69. The van der Waals surface area contributed by atoms with Crippen LogP contribution in [-0.4, -0.2) is 44.1 Å². The number of hydrogen-bond donors (Lipinski definition) is 2. The van der Waals surface area contributed by atoms with E-state index in [0.717, 1.165) is 24.2 Å². The quantitative estimate of drug-likeness (QED) is 0.288. The van der Waals surface area contributed by atoms with E-state index in [1.165, 1.54) is 18.4 Å². The first-order chi connectivity index (χ1) is 13.6. The summed E-state index contributed by atoms with van der Waals surface area (Å²) in [6.07, 6.45) is 4.99. The molecule has 0 atom stereocenters. The Morgan fingerprint density at radius 1 is 1.20 bits per heavy atom. The molecule has 8 heteroatoms. The highest BCUT2D eigenvalue weighted by molar-refractivity contribution is 14.0. The van der Waals surface area contributed by atoms with Crippen molar-refractivity contribution in [3.63, 3.8) is 0 Å². The minimum Gasteiger partial charge on any atom is -0.490 e. The zero-order chi connectivity index (χ0) is 21.5. The Labute approximate surface area is 199 Å². The second kappa shape index (κ2) is 12.1. The lowest BCUT2D eigenvalue weighted by molar-refractivity contribution is 0.208. The highest BCUT2D eigenvalue weighted by Crippen LogP contribution is 2.28. The zero-order valence-corrected chi connectivity index (χ0v) is 22.1. The largest absolute Gasteiger partial charge is 0.490 e. The van der Waals surface area contributed by atoms with Crippen molar-refractivity contribution < 1.29 is 13.2 Å². The average molecular weight is 552 g/mol. The van der Waals surface area contributed by atoms with Gasteiger partial charge in [0.15, 0.2) is 15.8 Å². The summed E-state index contributed by atoms with van der Waals surface area (Å²) in [6, 6.07) is 6.22. The molecule has 1 saturated carbocycles. The van der Waals surface area contributed by atoms with Crippen molar-refractivity contribution in [2.45, 2.75) is 77.7 Å². The summed E-state index contributed by atoms with van der Waals surface area (Å²) < 4.78 is 30.1. The number of ether oxygens (including phenoxy) is 1. The number of sulfone groups is 1. The number of benzene rings is 1. The van der Waals surface area contributed by atoms with E-state index in [0.29, 0.717) is 31.7 Å². The van der Waals surface area contributed by atoms with Gasteiger partial charge < -0.3 is 15.4 Å². The fraction of sp³-hybridized carbons (Fsp3) is 0.682. The average Bonchev–Trinajstić information content (AvgIpc) is 3.13. The lowest BCUT2D eigenvalue weighted by Crippen LogP contribution is -2.41. The molecular weight excluding hydrogens is 513 g/mol. The molecule has 1 aliphatic rings. The SMILES string of the molecule is CCNC(=NCc1ccc(C)cc1OC1CCCC1)NCCS(=O)(=O)C(C)(C)C.I. The Bertz CT molecular complexity index is 798. The van der Waals surface area contributed by atoms with Crippen molar-refractivity contribution in [1.82, 2.24) is 10.6 Å². The van der Waals surface area contributed by atoms with E-state index in [1.54, 1.807) is 20.8 Å². The number of halogens is 1. The van der Waals surface area contributed by atoms with Crippen LogP contribution in [0.3, 0.4) is 0 Å². The van der Waals surface area contributed by atoms with Crippen molar-refractivity contribution >= 4 is 39.8 Å². The van der Waals surface area contributed by atoms with Crippen LogP contribution in [0.25, 0.3) is 0 Å². The van der Waals surface area contributed by atoms with E-state index >= 15 is 0 Å². The first-order valence-corrected chi connectivity index (χ1v) is 12.3. The fourth-order valence-electron chi connectivity index (χ4n) is 3.20. The van der Waals surface area contributed by atoms with Gasteiger partial charge in [-0.2, -0.15) is 0 Å². The molecule has 0 aliphatic heterocycles. The van der Waals surface area contributed by atoms with Crippen LogP contribution in [0, 0.1) is 6.92 Å². The van der Waals surface area contributed by atoms with Gasteiger partial charge in [0.25, 0.3) is 0 Å². The lowest BCUT2D eigenvalue weighted by Gasteiger charge is -2.20. The predicted molar refractivity (Wildman–Crippen MR) is 136 cm³/mol. The van der Waals surface area contributed by atoms with Crippen LogP contribution in [0.15, 0.2) is 23.2 Å². The molecule has 172 valence electrons. The molecule has 0 aromatic heterocycles. The van der Waals surface area contributed by atoms with Crippen molar-refractivity contribution in [3.8, 4) is 5.75 Å². The summed E-state index contributed by atoms with van der Waals surface area (Å²) >= 11 is 0. The third-order valence-electron chi connectivity index (χ3n) is 5.17. The van der Waals surface area contributed by atoms with Crippen LogP contribution >= 0.6 is 24.0 Å². The Morgan fingerprint density at radius 3 is 2.47 bits per heavy atom. The number of rotatable bonds is 8. The van der Waals surface area contributed by atoms with Gasteiger partial charge in [0, 0.05) is 18.7 Å². The van der Waals surface area contributed by atoms with Crippen molar-refractivity contribution in [3.05, 3.63) is 29.3 Å². The van der Waals surface area contributed by atoms with Gasteiger partial charge in [-0.05, 0) is 71.9 Å². The maximum Gasteiger partial charge on any atom is 0.191 e. The van der Waals surface area contributed by atoms with Gasteiger partial charge >= 0.3 is 0 Å². The minimum absolute atomic E-state index is 0. The summed E-state index contributed by atoms with van der Waals surface area (Å²) in [5, 5.41) is 6.33. The standard InChI is InChI=1S/C22H37N3O3S.HI/c1-6-23-21(24-13-14-29(26,27)22(3,4)5)25-16-18-12-11-17(2)15-20(18)28-19-9-7-8-10-19;/h11-12,15,19H,6-10,13-14,16H2,1-5H3,(H2,23,24,25);1H. The predicted octanol–water partition coefficient (Wildman–Crippen LogP) is 4.20. The number of nitrogens with zero attached hydrogens (tertiary/aromatic N) is 1. The number of aryl methyl sites for hydroxylation is 1. The van der Waals surface area contributed by atoms with Crippen LogP contribution in [0.4, 0.5) is 0 Å². The third-order valence-corrected chi connectivity index (χ3v) is 7.77. The maximum atomic E-state index is 12.3. The zero-order valence-electron chi connectivity index (χ0n) is 19.0. The molecule has 0 bridgehead atoms. The molecule has 0 unspecified atom stereocenters. The monoisotopic (exact) mass is 551 g/mol. The van der Waals surface area contributed by atoms with E-state index in [2.05, 4.69) is 40.7 Å². The third kappa shape index (κ3) is 8.24. The lowest BCUT2D eigenvalue weighted by atomic mass is 10.1. The Morgan fingerprint density at radius 2 is 1.87 bits per heavy atom. The van der Waals surface area contributed by atoms with Crippen LogP contribution in [0.1, 0.15) is 64.5 Å². The fourth-order valence-corrected chi connectivity index (χ4v) is 4.19. The van der Waals surface area contributed by atoms with Crippen molar-refractivity contribution in [1.29, 1.82) is 0 Å². The van der Waals surface area contributed by atoms with Gasteiger partial charge in [0.1, 0.15) is 5.75 Å². The molecule has 1 aromatic rings. The molecule has 6 nitrogen and oxygen atoms in total. The number of nitrogens with one attached hydrogen (secondary N) is 2. The number of guanidine groups is 1. The van der Waals surface area contributed by atoms with Gasteiger partial charge in [0.2, 0.25) is 0 Å². The van der Waals surface area contributed by atoms with Gasteiger partial charge in [-0.3, -0.25) is 0 Å². The maximum absolute atomic E-state index is 12.3. The summed E-state index contributed by atoms with van der Waals surface area (Å²) in [4.78, 5) is 4.65. The van der Waals surface area contributed by atoms with Crippen molar-refractivity contribution in [2.75, 3.05) is 18.8 Å². The summed E-state index contributed by atoms with van der Waals surface area (Å²) in [5.74, 6) is 1.59. The first kappa shape index (κ1) is 27.0. The number of hydrogen-bond acceptors (Lipinski definition) is 4. The normalized spacial score (nSPS) is 15.6. The van der Waals surface area contributed by atoms with Crippen molar-refractivity contribution in [2.24, 2.45) is 4.99 Å². The Hall–Kier alpha value is -1.03. The van der Waals surface area contributed by atoms with Gasteiger partial charge in [-0.25, -0.2) is 13.4 Å². The summed E-state index contributed by atoms with van der Waals surface area (Å²) in [7, 11) is -3.17. The first-order valence-electron chi connectivity index (χ1n) is 10.6. The minimum atomic E-state index is -3.17. The molecule has 0 radical (unpaired) electrons. The topological polar surface area (TPSA) is 79.8 Å². The molecule has 1 aromatic carbocycles. The molecule has 30 heavy (non-hydrogen) atoms. The van der Waals surface area contributed by atoms with Gasteiger partial charge in [-0.15, -0.1) is 24.0 Å². The van der Waals surface area contributed by atoms with E-state index < -0.39 is 14.6 Å². The molecule has 1 aliphatic carbocycles. The molecule has 0 saturated heterocycles. The van der Waals surface area contributed by atoms with E-state index in [9.17, 15) is 8.42 Å². The second-order valence-corrected chi connectivity index (χ2v) is 11.6. The molecule has 1 fully saturated rings. The Balaban J connectivity index is 0.00000450. The summed E-state index contributed by atoms with van der Waals surface area (Å²) in [6.45, 7) is 10.7. The van der Waals surface area contributed by atoms with Crippen LogP contribution in [0.5, 0.6) is 5.75 Å². The van der Waals surface area contributed by atoms with Gasteiger partial charge in [0.05, 0.1) is 23.1 Å². The van der Waals surface area contributed by atoms with Crippen LogP contribution in [0.2, 0.25) is 0 Å². The van der Waals surface area contributed by atoms with E-state index in [-0.39, 0.29) is 29.7 Å². The Kier molecular flexibility index (Phi) is 10.9. The number of aliphatic imine (C=N–C) groups is 1. The summed E-state index contributed by atoms with van der Waals surface area (Å²) in [5.41, 5.74) is 2.21. The molecule has 0 amide bonds. The van der Waals surface area contributed by atoms with Gasteiger partial charge in [-0.1, -0.05) is 12.1 Å². The van der Waals surface area contributed by atoms with Crippen LogP contribution < -0.4 is 15.4 Å². The molecule has 0 heterocycles. The van der Waals surface area contributed by atoms with Crippen LogP contribution in [-0.2, 0) is 16.4 Å². The molecule has 0 spiro atoms. The molecule has 2 rings (SSSR count).